The van der Waals surface area contributed by atoms with E-state index in [1.54, 1.807) is 0 Å². The molecule has 2 nitrogen and oxygen atoms in total. The van der Waals surface area contributed by atoms with Gasteiger partial charge in [0.1, 0.15) is 0 Å². The quantitative estimate of drug-likeness (QED) is 0.834. The molecule has 2 rings (SSSR count). The molecule has 3 heteroatoms. The molecule has 1 aromatic carbocycles. The summed E-state index contributed by atoms with van der Waals surface area (Å²) in [5.74, 6) is 2.01. The van der Waals surface area contributed by atoms with E-state index in [2.05, 4.69) is 24.3 Å². The third-order valence-corrected chi connectivity index (χ3v) is 4.44. The highest BCUT2D eigenvalue weighted by Crippen LogP contribution is 2.27. The van der Waals surface area contributed by atoms with Crippen molar-refractivity contribution in [3.05, 3.63) is 29.8 Å². The summed E-state index contributed by atoms with van der Waals surface area (Å²) in [5, 5.41) is 0. The molecular weight excluding hydrogens is 230 g/mol. The largest absolute Gasteiger partial charge is 0.381 e. The average molecular weight is 251 g/mol. The Bertz CT molecular complexity index is 348. The Balaban J connectivity index is 1.87. The number of rotatable bonds is 4. The fourth-order valence-corrected chi connectivity index (χ4v) is 3.17. The van der Waals surface area contributed by atoms with Gasteiger partial charge in [-0.25, -0.2) is 0 Å². The summed E-state index contributed by atoms with van der Waals surface area (Å²) < 4.78 is 5.38. The van der Waals surface area contributed by atoms with Gasteiger partial charge in [0.15, 0.2) is 0 Å². The van der Waals surface area contributed by atoms with Crippen molar-refractivity contribution in [2.75, 3.05) is 19.0 Å². The molecule has 0 aromatic heterocycles. The maximum Gasteiger partial charge on any atom is 0.0468 e. The van der Waals surface area contributed by atoms with Gasteiger partial charge in [-0.1, -0.05) is 12.1 Å². The smallest absolute Gasteiger partial charge is 0.0468 e. The van der Waals surface area contributed by atoms with Crippen LogP contribution in [-0.4, -0.2) is 19.0 Å². The van der Waals surface area contributed by atoms with Crippen LogP contribution < -0.4 is 5.73 Å². The Morgan fingerprint density at radius 2 is 2.18 bits per heavy atom. The molecule has 1 saturated heterocycles. The molecular formula is C14H21NOS. The highest BCUT2D eigenvalue weighted by molar-refractivity contribution is 7.99. The van der Waals surface area contributed by atoms with Crippen molar-refractivity contribution < 1.29 is 4.74 Å². The van der Waals surface area contributed by atoms with Crippen molar-refractivity contribution in [2.45, 2.75) is 30.7 Å². The first-order valence-electron chi connectivity index (χ1n) is 6.32. The maximum absolute atomic E-state index is 5.90. The minimum Gasteiger partial charge on any atom is -0.381 e. The second kappa shape index (κ2) is 6.43. The molecule has 1 heterocycles. The lowest BCUT2D eigenvalue weighted by molar-refractivity contribution is 0.0728. The molecule has 0 aliphatic carbocycles. The van der Waals surface area contributed by atoms with Gasteiger partial charge in [-0.15, -0.1) is 11.8 Å². The second-order valence-electron chi connectivity index (χ2n) is 4.73. The zero-order valence-electron chi connectivity index (χ0n) is 10.4. The van der Waals surface area contributed by atoms with Crippen molar-refractivity contribution in [3.63, 3.8) is 0 Å². The van der Waals surface area contributed by atoms with Crippen LogP contribution in [0.2, 0.25) is 0 Å². The Morgan fingerprint density at radius 1 is 1.41 bits per heavy atom. The molecule has 1 aliphatic heterocycles. The van der Waals surface area contributed by atoms with Gasteiger partial charge in [-0.2, -0.15) is 0 Å². The third kappa shape index (κ3) is 4.02. The lowest BCUT2D eigenvalue weighted by Crippen LogP contribution is -2.17. The van der Waals surface area contributed by atoms with E-state index in [4.69, 9.17) is 10.5 Å². The molecule has 2 N–H and O–H groups in total. The normalized spacial score (nSPS) is 19.2. The van der Waals surface area contributed by atoms with Crippen LogP contribution in [0.3, 0.4) is 0 Å². The van der Waals surface area contributed by atoms with Crippen LogP contribution in [-0.2, 0) is 4.74 Å². The van der Waals surface area contributed by atoms with Gasteiger partial charge < -0.3 is 10.5 Å². The highest BCUT2D eigenvalue weighted by atomic mass is 32.2. The summed E-state index contributed by atoms with van der Waals surface area (Å²) in [5.41, 5.74) is 7.12. The zero-order chi connectivity index (χ0) is 12.1. The first-order chi connectivity index (χ1) is 8.25. The minimum absolute atomic E-state index is 0.124. The molecule has 0 radical (unpaired) electrons. The van der Waals surface area contributed by atoms with Crippen molar-refractivity contribution in [1.29, 1.82) is 0 Å². The molecule has 1 aliphatic rings. The molecule has 1 atom stereocenters. The van der Waals surface area contributed by atoms with Gasteiger partial charge in [0.25, 0.3) is 0 Å². The third-order valence-electron chi connectivity index (χ3n) is 3.21. The standard InChI is InChI=1S/C14H21NOS/c1-11(15)13-3-2-4-14(9-13)17-10-12-5-7-16-8-6-12/h2-4,9,11-12H,5-8,10,15H2,1H3. The van der Waals surface area contributed by atoms with E-state index >= 15 is 0 Å². The van der Waals surface area contributed by atoms with E-state index in [1.807, 2.05) is 18.7 Å². The van der Waals surface area contributed by atoms with Crippen LogP contribution in [0.15, 0.2) is 29.2 Å². The van der Waals surface area contributed by atoms with Crippen LogP contribution in [0.4, 0.5) is 0 Å². The summed E-state index contributed by atoms with van der Waals surface area (Å²) in [6.07, 6.45) is 2.42. The van der Waals surface area contributed by atoms with Crippen LogP contribution in [0.25, 0.3) is 0 Å². The Kier molecular flexibility index (Phi) is 4.89. The summed E-state index contributed by atoms with van der Waals surface area (Å²) in [6.45, 7) is 3.90. The van der Waals surface area contributed by atoms with Gasteiger partial charge in [-0.3, -0.25) is 0 Å². The molecule has 1 unspecified atom stereocenters. The Labute approximate surface area is 108 Å². The molecule has 0 saturated carbocycles. The SMILES string of the molecule is CC(N)c1cccc(SCC2CCOCC2)c1. The lowest BCUT2D eigenvalue weighted by atomic mass is 10.0. The van der Waals surface area contributed by atoms with E-state index in [0.717, 1.165) is 19.1 Å². The molecule has 0 amide bonds. The van der Waals surface area contributed by atoms with Gasteiger partial charge in [0.05, 0.1) is 0 Å². The van der Waals surface area contributed by atoms with E-state index in [0.29, 0.717) is 0 Å². The van der Waals surface area contributed by atoms with E-state index < -0.39 is 0 Å². The predicted molar refractivity (Wildman–Crippen MR) is 73.3 cm³/mol. The average Bonchev–Trinajstić information content (AvgIpc) is 2.38. The van der Waals surface area contributed by atoms with Crippen molar-refractivity contribution >= 4 is 11.8 Å². The van der Waals surface area contributed by atoms with Crippen LogP contribution in [0.5, 0.6) is 0 Å². The Hall–Kier alpha value is -0.510. The number of hydrogen-bond acceptors (Lipinski definition) is 3. The van der Waals surface area contributed by atoms with Crippen LogP contribution >= 0.6 is 11.8 Å². The van der Waals surface area contributed by atoms with Gasteiger partial charge in [0.2, 0.25) is 0 Å². The summed E-state index contributed by atoms with van der Waals surface area (Å²) in [6, 6.07) is 8.72. The summed E-state index contributed by atoms with van der Waals surface area (Å²) in [7, 11) is 0. The van der Waals surface area contributed by atoms with Gasteiger partial charge >= 0.3 is 0 Å². The highest BCUT2D eigenvalue weighted by Gasteiger charge is 2.14. The Morgan fingerprint density at radius 3 is 2.88 bits per heavy atom. The maximum atomic E-state index is 5.90. The molecule has 1 fully saturated rings. The number of thioether (sulfide) groups is 1. The van der Waals surface area contributed by atoms with Crippen molar-refractivity contribution in [3.8, 4) is 0 Å². The second-order valence-corrected chi connectivity index (χ2v) is 5.82. The zero-order valence-corrected chi connectivity index (χ0v) is 11.2. The van der Waals surface area contributed by atoms with Crippen molar-refractivity contribution in [1.82, 2.24) is 0 Å². The molecule has 17 heavy (non-hydrogen) atoms. The van der Waals surface area contributed by atoms with E-state index in [-0.39, 0.29) is 6.04 Å². The molecule has 0 spiro atoms. The number of benzene rings is 1. The topological polar surface area (TPSA) is 35.2 Å². The first kappa shape index (κ1) is 12.9. The fraction of sp³-hybridized carbons (Fsp3) is 0.571. The molecule has 0 bridgehead atoms. The van der Waals surface area contributed by atoms with Gasteiger partial charge in [-0.05, 0) is 43.4 Å². The lowest BCUT2D eigenvalue weighted by Gasteiger charge is -2.21. The minimum atomic E-state index is 0.124. The van der Waals surface area contributed by atoms with E-state index in [9.17, 15) is 0 Å². The van der Waals surface area contributed by atoms with Gasteiger partial charge in [0, 0.05) is 29.9 Å². The van der Waals surface area contributed by atoms with E-state index in [1.165, 1.54) is 29.1 Å². The predicted octanol–water partition coefficient (Wildman–Crippen LogP) is 3.23. The monoisotopic (exact) mass is 251 g/mol. The van der Waals surface area contributed by atoms with Crippen LogP contribution in [0, 0.1) is 5.92 Å². The number of nitrogens with two attached hydrogens (primary N) is 1. The number of hydrogen-bond donors (Lipinski definition) is 1. The molecule has 1 aromatic rings. The fourth-order valence-electron chi connectivity index (χ4n) is 2.01. The summed E-state index contributed by atoms with van der Waals surface area (Å²) >= 11 is 1.95. The molecule has 94 valence electrons. The first-order valence-corrected chi connectivity index (χ1v) is 7.30. The number of ether oxygens (including phenoxy) is 1. The van der Waals surface area contributed by atoms with Crippen molar-refractivity contribution in [2.24, 2.45) is 11.7 Å². The van der Waals surface area contributed by atoms with Crippen LogP contribution in [0.1, 0.15) is 31.4 Å². The summed E-state index contributed by atoms with van der Waals surface area (Å²) in [4.78, 5) is 1.34.